The fourth-order valence-electron chi connectivity index (χ4n) is 3.01. The summed E-state index contributed by atoms with van der Waals surface area (Å²) < 4.78 is 1.77. The molecule has 0 saturated carbocycles. The third kappa shape index (κ3) is 5.30. The van der Waals surface area contributed by atoms with E-state index >= 15 is 0 Å². The van der Waals surface area contributed by atoms with Gasteiger partial charge in [0, 0.05) is 32.7 Å². The average Bonchev–Trinajstić information content (AvgIpc) is 3.15. The van der Waals surface area contributed by atoms with Gasteiger partial charge in [-0.1, -0.05) is 13.8 Å². The SMILES string of the molecule is CCNC(=NCc1ncnn1C)N1CCC(N(CC)CC)C1.I. The van der Waals surface area contributed by atoms with Crippen LogP contribution in [0.5, 0.6) is 0 Å². The standard InChI is InChI=1S/C15H29N7.HI/c1-5-16-15(17-10-14-18-12-19-20(14)4)22-9-8-13(11-22)21(6-2)7-3;/h12-13H,5-11H2,1-4H3,(H,16,17);1H. The smallest absolute Gasteiger partial charge is 0.194 e. The number of aryl methyl sites for hydroxylation is 1. The lowest BCUT2D eigenvalue weighted by atomic mass is 10.2. The molecule has 1 aliphatic rings. The van der Waals surface area contributed by atoms with Crippen molar-refractivity contribution in [2.75, 3.05) is 32.7 Å². The molecule has 1 N–H and O–H groups in total. The highest BCUT2D eigenvalue weighted by Gasteiger charge is 2.27. The molecule has 0 radical (unpaired) electrons. The number of hydrogen-bond acceptors (Lipinski definition) is 4. The molecule has 0 amide bonds. The Labute approximate surface area is 156 Å². The Balaban J connectivity index is 0.00000264. The van der Waals surface area contributed by atoms with E-state index in [4.69, 9.17) is 4.99 Å². The van der Waals surface area contributed by atoms with Crippen molar-refractivity contribution in [3.05, 3.63) is 12.2 Å². The molecular weight excluding hydrogens is 405 g/mol. The molecule has 23 heavy (non-hydrogen) atoms. The van der Waals surface area contributed by atoms with Crippen LogP contribution in [0.15, 0.2) is 11.3 Å². The second-order valence-electron chi connectivity index (χ2n) is 5.58. The number of nitrogens with zero attached hydrogens (tertiary/aromatic N) is 6. The van der Waals surface area contributed by atoms with E-state index < -0.39 is 0 Å². The van der Waals surface area contributed by atoms with Crippen LogP contribution in [0, 0.1) is 0 Å². The minimum atomic E-state index is 0. The topological polar surface area (TPSA) is 61.6 Å². The molecule has 1 unspecified atom stereocenters. The predicted octanol–water partition coefficient (Wildman–Crippen LogP) is 1.31. The van der Waals surface area contributed by atoms with Crippen molar-refractivity contribution in [3.8, 4) is 0 Å². The maximum Gasteiger partial charge on any atom is 0.194 e. The van der Waals surface area contributed by atoms with E-state index in [1.807, 2.05) is 7.05 Å². The molecule has 1 aromatic heterocycles. The average molecular weight is 435 g/mol. The number of rotatable bonds is 6. The Morgan fingerprint density at radius 2 is 2.13 bits per heavy atom. The molecule has 1 aromatic rings. The summed E-state index contributed by atoms with van der Waals surface area (Å²) in [5.74, 6) is 1.87. The lowest BCUT2D eigenvalue weighted by molar-refractivity contribution is 0.223. The molecule has 1 atom stereocenters. The number of guanidine groups is 1. The summed E-state index contributed by atoms with van der Waals surface area (Å²) in [6.45, 7) is 12.4. The van der Waals surface area contributed by atoms with E-state index in [0.29, 0.717) is 12.6 Å². The van der Waals surface area contributed by atoms with Gasteiger partial charge in [-0.15, -0.1) is 24.0 Å². The fourth-order valence-corrected chi connectivity index (χ4v) is 3.01. The summed E-state index contributed by atoms with van der Waals surface area (Å²) in [5.41, 5.74) is 0. The van der Waals surface area contributed by atoms with Crippen LogP contribution in [0.25, 0.3) is 0 Å². The van der Waals surface area contributed by atoms with Crippen molar-refractivity contribution >= 4 is 29.9 Å². The van der Waals surface area contributed by atoms with Gasteiger partial charge in [0.05, 0.1) is 0 Å². The maximum atomic E-state index is 4.73. The monoisotopic (exact) mass is 435 g/mol. The van der Waals surface area contributed by atoms with Crippen LogP contribution in [0.3, 0.4) is 0 Å². The third-order valence-electron chi connectivity index (χ3n) is 4.30. The summed E-state index contributed by atoms with van der Waals surface area (Å²) in [6.07, 6.45) is 2.78. The van der Waals surface area contributed by atoms with Crippen LogP contribution in [-0.2, 0) is 13.6 Å². The lowest BCUT2D eigenvalue weighted by Crippen LogP contribution is -2.43. The molecule has 1 saturated heterocycles. The van der Waals surface area contributed by atoms with Gasteiger partial charge < -0.3 is 10.2 Å². The highest BCUT2D eigenvalue weighted by atomic mass is 127. The highest BCUT2D eigenvalue weighted by molar-refractivity contribution is 14.0. The van der Waals surface area contributed by atoms with Crippen LogP contribution >= 0.6 is 24.0 Å². The maximum absolute atomic E-state index is 4.73. The first-order valence-electron chi connectivity index (χ1n) is 8.29. The third-order valence-corrected chi connectivity index (χ3v) is 4.30. The Morgan fingerprint density at radius 3 is 2.70 bits per heavy atom. The van der Waals surface area contributed by atoms with Crippen molar-refractivity contribution in [1.82, 2.24) is 29.9 Å². The molecule has 2 heterocycles. The van der Waals surface area contributed by atoms with E-state index in [9.17, 15) is 0 Å². The molecule has 7 nitrogen and oxygen atoms in total. The Kier molecular flexibility index (Phi) is 8.82. The van der Waals surface area contributed by atoms with E-state index in [2.05, 4.69) is 46.0 Å². The van der Waals surface area contributed by atoms with Gasteiger partial charge in [0.2, 0.25) is 0 Å². The van der Waals surface area contributed by atoms with E-state index in [-0.39, 0.29) is 24.0 Å². The number of aliphatic imine (C=N–C) groups is 1. The van der Waals surface area contributed by atoms with Crippen molar-refractivity contribution in [2.24, 2.45) is 12.0 Å². The molecule has 1 fully saturated rings. The first-order chi connectivity index (χ1) is 10.7. The largest absolute Gasteiger partial charge is 0.357 e. The second-order valence-corrected chi connectivity index (χ2v) is 5.58. The van der Waals surface area contributed by atoms with Gasteiger partial charge in [0.1, 0.15) is 18.7 Å². The van der Waals surface area contributed by atoms with E-state index in [1.54, 1.807) is 11.0 Å². The van der Waals surface area contributed by atoms with E-state index in [0.717, 1.165) is 44.5 Å². The van der Waals surface area contributed by atoms with Crippen molar-refractivity contribution in [2.45, 2.75) is 39.8 Å². The van der Waals surface area contributed by atoms with Gasteiger partial charge >= 0.3 is 0 Å². The first-order valence-corrected chi connectivity index (χ1v) is 8.29. The minimum Gasteiger partial charge on any atom is -0.357 e. The van der Waals surface area contributed by atoms with Gasteiger partial charge in [-0.25, -0.2) is 9.98 Å². The van der Waals surface area contributed by atoms with Crippen molar-refractivity contribution in [3.63, 3.8) is 0 Å². The summed E-state index contributed by atoms with van der Waals surface area (Å²) in [5, 5.41) is 7.49. The number of hydrogen-bond donors (Lipinski definition) is 1. The fraction of sp³-hybridized carbons (Fsp3) is 0.800. The molecule has 0 aromatic carbocycles. The quantitative estimate of drug-likeness (QED) is 0.415. The number of halogens is 1. The normalized spacial score (nSPS) is 18.4. The molecule has 0 aliphatic carbocycles. The summed E-state index contributed by atoms with van der Waals surface area (Å²) in [4.78, 5) is 13.9. The van der Waals surface area contributed by atoms with Gasteiger partial charge in [0.25, 0.3) is 0 Å². The second kappa shape index (κ2) is 10.1. The van der Waals surface area contributed by atoms with Crippen LogP contribution in [0.4, 0.5) is 0 Å². The zero-order chi connectivity index (χ0) is 15.9. The number of likely N-dealkylation sites (N-methyl/N-ethyl adjacent to an activating group) is 1. The van der Waals surface area contributed by atoms with Gasteiger partial charge in [-0.05, 0) is 26.4 Å². The summed E-state index contributed by atoms with van der Waals surface area (Å²) in [7, 11) is 1.90. The molecule has 0 bridgehead atoms. The molecule has 132 valence electrons. The molecule has 8 heteroatoms. The molecule has 2 rings (SSSR count). The van der Waals surface area contributed by atoms with Crippen molar-refractivity contribution < 1.29 is 0 Å². The van der Waals surface area contributed by atoms with Gasteiger partial charge in [-0.3, -0.25) is 9.58 Å². The van der Waals surface area contributed by atoms with Crippen LogP contribution < -0.4 is 5.32 Å². The highest BCUT2D eigenvalue weighted by Crippen LogP contribution is 2.15. The lowest BCUT2D eigenvalue weighted by Gasteiger charge is -2.27. The number of likely N-dealkylation sites (tertiary alicyclic amines) is 1. The van der Waals surface area contributed by atoms with Crippen molar-refractivity contribution in [1.29, 1.82) is 0 Å². The van der Waals surface area contributed by atoms with Crippen LogP contribution in [0.2, 0.25) is 0 Å². The Hall–Kier alpha value is -0.900. The molecular formula is C15H30IN7. The van der Waals surface area contributed by atoms with E-state index in [1.165, 1.54) is 6.42 Å². The zero-order valence-electron chi connectivity index (χ0n) is 14.7. The molecule has 0 spiro atoms. The predicted molar refractivity (Wildman–Crippen MR) is 104 cm³/mol. The summed E-state index contributed by atoms with van der Waals surface area (Å²) >= 11 is 0. The first kappa shape index (κ1) is 20.1. The Bertz CT molecular complexity index is 484. The number of nitrogens with one attached hydrogen (secondary N) is 1. The minimum absolute atomic E-state index is 0. The summed E-state index contributed by atoms with van der Waals surface area (Å²) in [6, 6.07) is 0.633. The Morgan fingerprint density at radius 1 is 1.39 bits per heavy atom. The van der Waals surface area contributed by atoms with Gasteiger partial charge in [0.15, 0.2) is 5.96 Å². The number of aromatic nitrogens is 3. The van der Waals surface area contributed by atoms with Crippen LogP contribution in [0.1, 0.15) is 33.0 Å². The van der Waals surface area contributed by atoms with Crippen LogP contribution in [-0.4, -0.2) is 69.3 Å². The zero-order valence-corrected chi connectivity index (χ0v) is 17.0. The molecule has 1 aliphatic heterocycles. The van der Waals surface area contributed by atoms with Gasteiger partial charge in [-0.2, -0.15) is 5.10 Å².